The predicted octanol–water partition coefficient (Wildman–Crippen LogP) is 12.8. The smallest absolute Gasteiger partial charge is 0.164 e. The number of para-hydroxylation sites is 1. The molecule has 0 fully saturated rings. The third kappa shape index (κ3) is 5.03. The number of hydrogen-bond acceptors (Lipinski definition) is 4. The number of nitrogens with zero attached hydrogens (tertiary/aromatic N) is 3. The fourth-order valence-corrected chi connectivity index (χ4v) is 8.15. The van der Waals surface area contributed by atoms with E-state index >= 15 is 0 Å². The first-order chi connectivity index (χ1) is 26.7. The molecule has 1 aliphatic carbocycles. The van der Waals surface area contributed by atoms with Crippen molar-refractivity contribution in [3.63, 3.8) is 0 Å². The molecule has 2 aromatic heterocycles. The summed E-state index contributed by atoms with van der Waals surface area (Å²) in [5.74, 6) is 1.85. The van der Waals surface area contributed by atoms with Crippen LogP contribution in [0.25, 0.3) is 100 Å². The number of fused-ring (bicyclic) bond motifs is 7. The molecule has 10 aromatic rings. The van der Waals surface area contributed by atoms with E-state index in [-0.39, 0.29) is 0 Å². The molecule has 0 saturated heterocycles. The van der Waals surface area contributed by atoms with Gasteiger partial charge in [-0.3, -0.25) is 0 Å². The van der Waals surface area contributed by atoms with Gasteiger partial charge in [0.05, 0.1) is 0 Å². The Morgan fingerprint density at radius 2 is 0.852 bits per heavy atom. The van der Waals surface area contributed by atoms with Crippen LogP contribution in [0.3, 0.4) is 0 Å². The standard InChI is InChI=1S/C50H31N3O/c1-2-11-32(12-3-1)38-15-8-17-40-41-18-9-16-39(45(41)30-44(38)40)33-21-23-34(24-22-33)48-51-49(36-25-20-31-10-4-5-13-35(31)28-36)53-50(52-48)37-26-27-43-42-14-6-7-19-46(42)54-47(43)29-37/h1-29H,30H2. The zero-order valence-electron chi connectivity index (χ0n) is 29.2. The summed E-state index contributed by atoms with van der Waals surface area (Å²) in [6, 6.07) is 61.8. The van der Waals surface area contributed by atoms with Crippen LogP contribution in [0.15, 0.2) is 180 Å². The Bertz CT molecular complexity index is 3070. The summed E-state index contributed by atoms with van der Waals surface area (Å²) in [5, 5.41) is 4.48. The number of aromatic nitrogens is 3. The lowest BCUT2D eigenvalue weighted by Gasteiger charge is -2.11. The van der Waals surface area contributed by atoms with Gasteiger partial charge in [0, 0.05) is 27.5 Å². The summed E-state index contributed by atoms with van der Waals surface area (Å²) >= 11 is 0. The second-order valence-corrected chi connectivity index (χ2v) is 14.0. The molecular formula is C50H31N3O. The molecule has 2 heterocycles. The molecule has 0 radical (unpaired) electrons. The Morgan fingerprint density at radius 3 is 1.59 bits per heavy atom. The normalized spacial score (nSPS) is 12.0. The van der Waals surface area contributed by atoms with E-state index in [1.807, 2.05) is 24.3 Å². The maximum atomic E-state index is 6.26. The lowest BCUT2D eigenvalue weighted by molar-refractivity contribution is 0.669. The van der Waals surface area contributed by atoms with E-state index in [9.17, 15) is 0 Å². The molecular weight excluding hydrogens is 659 g/mol. The van der Waals surface area contributed by atoms with Crippen LogP contribution in [-0.2, 0) is 6.42 Å². The van der Waals surface area contributed by atoms with E-state index in [4.69, 9.17) is 19.4 Å². The Hall–Kier alpha value is -7.17. The molecule has 0 atom stereocenters. The van der Waals surface area contributed by atoms with E-state index in [0.29, 0.717) is 17.5 Å². The Morgan fingerprint density at radius 1 is 0.333 bits per heavy atom. The van der Waals surface area contributed by atoms with Crippen molar-refractivity contribution in [3.8, 4) is 67.5 Å². The van der Waals surface area contributed by atoms with Gasteiger partial charge in [0.15, 0.2) is 17.5 Å². The second kappa shape index (κ2) is 12.2. The monoisotopic (exact) mass is 689 g/mol. The predicted molar refractivity (Wildman–Crippen MR) is 220 cm³/mol. The van der Waals surface area contributed by atoms with Crippen molar-refractivity contribution < 1.29 is 4.42 Å². The van der Waals surface area contributed by atoms with E-state index in [0.717, 1.165) is 50.4 Å². The number of benzene rings is 8. The minimum atomic E-state index is 0.599. The first-order valence-electron chi connectivity index (χ1n) is 18.3. The molecule has 0 N–H and O–H groups in total. The lowest BCUT2D eigenvalue weighted by Crippen LogP contribution is -2.00. The fourth-order valence-electron chi connectivity index (χ4n) is 8.15. The largest absolute Gasteiger partial charge is 0.456 e. The van der Waals surface area contributed by atoms with Gasteiger partial charge in [-0.1, -0.05) is 152 Å². The summed E-state index contributed by atoms with van der Waals surface area (Å²) in [6.07, 6.45) is 0.898. The molecule has 1 aliphatic rings. The number of hydrogen-bond donors (Lipinski definition) is 0. The summed E-state index contributed by atoms with van der Waals surface area (Å²) in [5.41, 5.74) is 14.8. The topological polar surface area (TPSA) is 51.8 Å². The summed E-state index contributed by atoms with van der Waals surface area (Å²) in [7, 11) is 0. The van der Waals surface area contributed by atoms with E-state index in [1.165, 1.54) is 49.9 Å². The van der Waals surface area contributed by atoms with Crippen molar-refractivity contribution in [1.82, 2.24) is 15.0 Å². The SMILES string of the molecule is c1ccc(-c2cccc3c2Cc2c(-c4ccc(-c5nc(-c6ccc7ccccc7c6)nc(-c6ccc7c(c6)oc6ccccc67)n5)cc4)cccc2-3)cc1. The van der Waals surface area contributed by atoms with Crippen molar-refractivity contribution in [2.45, 2.75) is 6.42 Å². The third-order valence-electron chi connectivity index (χ3n) is 10.8. The van der Waals surface area contributed by atoms with Gasteiger partial charge in [-0.15, -0.1) is 0 Å². The maximum absolute atomic E-state index is 6.26. The van der Waals surface area contributed by atoms with Crippen molar-refractivity contribution in [3.05, 3.63) is 187 Å². The van der Waals surface area contributed by atoms with Gasteiger partial charge in [-0.05, 0) is 86.0 Å². The molecule has 0 bridgehead atoms. The van der Waals surface area contributed by atoms with Crippen molar-refractivity contribution in [1.29, 1.82) is 0 Å². The Kier molecular flexibility index (Phi) is 6.89. The van der Waals surface area contributed by atoms with E-state index in [2.05, 4.69) is 152 Å². The molecule has 8 aromatic carbocycles. The first-order valence-corrected chi connectivity index (χ1v) is 18.3. The van der Waals surface area contributed by atoms with Crippen LogP contribution in [0.4, 0.5) is 0 Å². The van der Waals surface area contributed by atoms with Crippen LogP contribution < -0.4 is 0 Å². The van der Waals surface area contributed by atoms with Crippen LogP contribution in [0.5, 0.6) is 0 Å². The average Bonchev–Trinajstić information content (AvgIpc) is 3.82. The van der Waals surface area contributed by atoms with Gasteiger partial charge in [0.2, 0.25) is 0 Å². The van der Waals surface area contributed by atoms with Crippen LogP contribution in [-0.4, -0.2) is 15.0 Å². The molecule has 0 amide bonds. The highest BCUT2D eigenvalue weighted by atomic mass is 16.3. The zero-order valence-corrected chi connectivity index (χ0v) is 29.2. The zero-order chi connectivity index (χ0) is 35.6. The fraction of sp³-hybridized carbons (Fsp3) is 0.0200. The molecule has 0 aliphatic heterocycles. The minimum Gasteiger partial charge on any atom is -0.456 e. The second-order valence-electron chi connectivity index (χ2n) is 14.0. The summed E-state index contributed by atoms with van der Waals surface area (Å²) < 4.78 is 6.26. The average molecular weight is 690 g/mol. The van der Waals surface area contributed by atoms with Crippen LogP contribution >= 0.6 is 0 Å². The van der Waals surface area contributed by atoms with Crippen LogP contribution in [0.1, 0.15) is 11.1 Å². The number of rotatable bonds is 5. The highest BCUT2D eigenvalue weighted by Gasteiger charge is 2.24. The maximum Gasteiger partial charge on any atom is 0.164 e. The van der Waals surface area contributed by atoms with Crippen molar-refractivity contribution >= 4 is 32.7 Å². The molecule has 0 spiro atoms. The Labute approximate surface area is 312 Å². The molecule has 0 saturated carbocycles. The van der Waals surface area contributed by atoms with Gasteiger partial charge in [-0.25, -0.2) is 15.0 Å². The quantitative estimate of drug-likeness (QED) is 0.180. The van der Waals surface area contributed by atoms with Gasteiger partial charge in [0.1, 0.15) is 11.2 Å². The van der Waals surface area contributed by atoms with Gasteiger partial charge in [-0.2, -0.15) is 0 Å². The molecule has 54 heavy (non-hydrogen) atoms. The van der Waals surface area contributed by atoms with Gasteiger partial charge < -0.3 is 4.42 Å². The molecule has 4 nitrogen and oxygen atoms in total. The van der Waals surface area contributed by atoms with Crippen LogP contribution in [0, 0.1) is 0 Å². The molecule has 4 heteroatoms. The first kappa shape index (κ1) is 30.5. The highest BCUT2D eigenvalue weighted by Crippen LogP contribution is 2.45. The lowest BCUT2D eigenvalue weighted by atomic mass is 9.95. The summed E-state index contributed by atoms with van der Waals surface area (Å²) in [6.45, 7) is 0. The summed E-state index contributed by atoms with van der Waals surface area (Å²) in [4.78, 5) is 15.2. The molecule has 252 valence electrons. The van der Waals surface area contributed by atoms with E-state index < -0.39 is 0 Å². The Balaban J connectivity index is 1.00. The highest BCUT2D eigenvalue weighted by molar-refractivity contribution is 6.05. The molecule has 0 unspecified atom stereocenters. The van der Waals surface area contributed by atoms with Crippen molar-refractivity contribution in [2.75, 3.05) is 0 Å². The van der Waals surface area contributed by atoms with Crippen molar-refractivity contribution in [2.24, 2.45) is 0 Å². The van der Waals surface area contributed by atoms with E-state index in [1.54, 1.807) is 0 Å². The third-order valence-corrected chi connectivity index (χ3v) is 10.8. The van der Waals surface area contributed by atoms with Gasteiger partial charge in [0.25, 0.3) is 0 Å². The number of furan rings is 1. The van der Waals surface area contributed by atoms with Crippen LogP contribution in [0.2, 0.25) is 0 Å². The minimum absolute atomic E-state index is 0.599. The van der Waals surface area contributed by atoms with Gasteiger partial charge >= 0.3 is 0 Å². The molecule has 11 rings (SSSR count).